The van der Waals surface area contributed by atoms with Crippen LogP contribution in [0.15, 0.2) is 42.5 Å². The van der Waals surface area contributed by atoms with E-state index in [1.807, 2.05) is 6.07 Å². The van der Waals surface area contributed by atoms with Crippen LogP contribution in [0.5, 0.6) is 0 Å². The Labute approximate surface area is 138 Å². The van der Waals surface area contributed by atoms with E-state index in [0.717, 1.165) is 12.1 Å². The molecular weight excluding hydrogens is 316 g/mol. The van der Waals surface area contributed by atoms with Crippen molar-refractivity contribution in [3.05, 3.63) is 54.1 Å². The summed E-state index contributed by atoms with van der Waals surface area (Å²) < 4.78 is 26.8. The van der Waals surface area contributed by atoms with Gasteiger partial charge in [-0.1, -0.05) is 18.2 Å². The molecule has 0 unspecified atom stereocenters. The first-order valence-electron chi connectivity index (χ1n) is 7.20. The molecule has 2 N–H and O–H groups in total. The van der Waals surface area contributed by atoms with Crippen LogP contribution >= 0.6 is 0 Å². The lowest BCUT2D eigenvalue weighted by Gasteiger charge is -2.19. The van der Waals surface area contributed by atoms with E-state index in [1.165, 1.54) is 11.8 Å². The molecule has 0 heterocycles. The molecule has 0 aliphatic heterocycles. The Morgan fingerprint density at radius 2 is 1.62 bits per heavy atom. The minimum absolute atomic E-state index is 0.0663. The third-order valence-electron chi connectivity index (χ3n) is 3.32. The molecule has 126 valence electrons. The molecule has 0 saturated heterocycles. The van der Waals surface area contributed by atoms with Crippen molar-refractivity contribution in [2.24, 2.45) is 0 Å². The van der Waals surface area contributed by atoms with Crippen LogP contribution in [0.2, 0.25) is 0 Å². The number of anilines is 3. The van der Waals surface area contributed by atoms with Crippen LogP contribution in [0, 0.1) is 11.6 Å². The second-order valence-electron chi connectivity index (χ2n) is 5.13. The zero-order chi connectivity index (χ0) is 17.7. The molecule has 0 bridgehead atoms. The van der Waals surface area contributed by atoms with Gasteiger partial charge in [-0.25, -0.2) is 8.78 Å². The van der Waals surface area contributed by atoms with Gasteiger partial charge in [0.2, 0.25) is 11.8 Å². The van der Waals surface area contributed by atoms with Gasteiger partial charge in [-0.05, 0) is 12.1 Å². The second-order valence-corrected chi connectivity index (χ2v) is 5.13. The fraction of sp³-hybridized carbons (Fsp3) is 0.176. The van der Waals surface area contributed by atoms with Gasteiger partial charge in [-0.2, -0.15) is 0 Å². The molecule has 0 fully saturated rings. The number of likely N-dealkylation sites (N-methyl/N-ethyl adjacent to an activating group) is 1. The Balaban J connectivity index is 2.12. The third kappa shape index (κ3) is 4.28. The highest BCUT2D eigenvalue weighted by molar-refractivity contribution is 5.97. The Morgan fingerprint density at radius 3 is 2.21 bits per heavy atom. The van der Waals surface area contributed by atoms with E-state index < -0.39 is 17.5 Å². The first kappa shape index (κ1) is 17.4. The summed E-state index contributed by atoms with van der Waals surface area (Å²) in [5.41, 5.74) is 0.896. The Bertz CT molecular complexity index is 751. The summed E-state index contributed by atoms with van der Waals surface area (Å²) in [5.74, 6) is -2.87. The quantitative estimate of drug-likeness (QED) is 0.884. The fourth-order valence-corrected chi connectivity index (χ4v) is 2.07. The van der Waals surface area contributed by atoms with Crippen molar-refractivity contribution in [2.75, 3.05) is 29.1 Å². The monoisotopic (exact) mass is 333 g/mol. The normalized spacial score (nSPS) is 10.2. The lowest BCUT2D eigenvalue weighted by atomic mass is 10.2. The van der Waals surface area contributed by atoms with Crippen molar-refractivity contribution in [1.29, 1.82) is 0 Å². The molecule has 0 aliphatic rings. The Kier molecular flexibility index (Phi) is 5.47. The van der Waals surface area contributed by atoms with Gasteiger partial charge in [0.05, 0.1) is 17.9 Å². The molecule has 0 atom stereocenters. The summed E-state index contributed by atoms with van der Waals surface area (Å²) in [5, 5.41) is 5.12. The summed E-state index contributed by atoms with van der Waals surface area (Å²) >= 11 is 0. The number of para-hydroxylation sites is 1. The number of rotatable bonds is 5. The topological polar surface area (TPSA) is 61.4 Å². The maximum Gasteiger partial charge on any atom is 0.246 e. The van der Waals surface area contributed by atoms with Gasteiger partial charge >= 0.3 is 0 Å². The van der Waals surface area contributed by atoms with Crippen molar-refractivity contribution < 1.29 is 18.4 Å². The highest BCUT2D eigenvalue weighted by Gasteiger charge is 2.14. The molecule has 5 nitrogen and oxygen atoms in total. The van der Waals surface area contributed by atoms with Gasteiger partial charge < -0.3 is 15.5 Å². The number of benzene rings is 2. The van der Waals surface area contributed by atoms with E-state index in [4.69, 9.17) is 0 Å². The fourth-order valence-electron chi connectivity index (χ4n) is 2.07. The summed E-state index contributed by atoms with van der Waals surface area (Å²) in [7, 11) is 1.61. The SMILES string of the molecule is CC(=O)Nc1cc(F)c(F)cc1NCC(=O)N(C)c1ccccc1. The van der Waals surface area contributed by atoms with E-state index >= 15 is 0 Å². The summed E-state index contributed by atoms with van der Waals surface area (Å²) in [6.45, 7) is 1.10. The first-order valence-corrected chi connectivity index (χ1v) is 7.20. The number of nitrogens with zero attached hydrogens (tertiary/aromatic N) is 1. The summed E-state index contributed by atoms with van der Waals surface area (Å²) in [6.07, 6.45) is 0. The lowest BCUT2D eigenvalue weighted by Crippen LogP contribution is -2.32. The van der Waals surface area contributed by atoms with E-state index in [-0.39, 0.29) is 23.8 Å². The predicted octanol–water partition coefficient (Wildman–Crippen LogP) is 3.00. The van der Waals surface area contributed by atoms with Crippen molar-refractivity contribution in [1.82, 2.24) is 0 Å². The van der Waals surface area contributed by atoms with Crippen LogP contribution < -0.4 is 15.5 Å². The molecule has 0 aliphatic carbocycles. The second kappa shape index (κ2) is 7.54. The molecule has 0 aromatic heterocycles. The maximum absolute atomic E-state index is 13.4. The molecule has 0 saturated carbocycles. The van der Waals surface area contributed by atoms with Gasteiger partial charge in [0.25, 0.3) is 0 Å². The average Bonchev–Trinajstić information content (AvgIpc) is 2.56. The molecule has 24 heavy (non-hydrogen) atoms. The number of amides is 2. The molecule has 2 amide bonds. The highest BCUT2D eigenvalue weighted by Crippen LogP contribution is 2.25. The number of carbonyl (C=O) groups excluding carboxylic acids is 2. The number of hydrogen-bond donors (Lipinski definition) is 2. The van der Waals surface area contributed by atoms with E-state index in [9.17, 15) is 18.4 Å². The van der Waals surface area contributed by atoms with Crippen LogP contribution in [-0.2, 0) is 9.59 Å². The molecule has 2 aromatic carbocycles. The average molecular weight is 333 g/mol. The first-order chi connectivity index (χ1) is 11.4. The predicted molar refractivity (Wildman–Crippen MR) is 89.0 cm³/mol. The van der Waals surface area contributed by atoms with Gasteiger partial charge in [0.1, 0.15) is 0 Å². The molecule has 0 spiro atoms. The zero-order valence-corrected chi connectivity index (χ0v) is 13.3. The van der Waals surface area contributed by atoms with Crippen LogP contribution in [0.25, 0.3) is 0 Å². The van der Waals surface area contributed by atoms with Crippen molar-refractivity contribution in [2.45, 2.75) is 6.92 Å². The number of nitrogens with one attached hydrogen (secondary N) is 2. The van der Waals surface area contributed by atoms with Gasteiger partial charge in [0.15, 0.2) is 11.6 Å². The van der Waals surface area contributed by atoms with E-state index in [1.54, 1.807) is 31.3 Å². The van der Waals surface area contributed by atoms with Crippen molar-refractivity contribution >= 4 is 28.9 Å². The minimum atomic E-state index is -1.09. The lowest BCUT2D eigenvalue weighted by molar-refractivity contribution is -0.116. The highest BCUT2D eigenvalue weighted by atomic mass is 19.2. The molecule has 7 heteroatoms. The maximum atomic E-state index is 13.4. The van der Waals surface area contributed by atoms with Gasteiger partial charge in [-0.3, -0.25) is 9.59 Å². The zero-order valence-electron chi connectivity index (χ0n) is 13.3. The largest absolute Gasteiger partial charge is 0.374 e. The Morgan fingerprint density at radius 1 is 1.04 bits per heavy atom. The standard InChI is InChI=1S/C17H17F2N3O2/c1-11(23)21-16-9-14(19)13(18)8-15(16)20-10-17(24)22(2)12-6-4-3-5-7-12/h3-9,20H,10H2,1-2H3,(H,21,23). The van der Waals surface area contributed by atoms with Crippen LogP contribution in [-0.4, -0.2) is 25.4 Å². The summed E-state index contributed by atoms with van der Waals surface area (Å²) in [6, 6.07) is 10.8. The number of halogens is 2. The van der Waals surface area contributed by atoms with E-state index in [0.29, 0.717) is 5.69 Å². The van der Waals surface area contributed by atoms with Crippen molar-refractivity contribution in [3.8, 4) is 0 Å². The third-order valence-corrected chi connectivity index (χ3v) is 3.32. The van der Waals surface area contributed by atoms with Crippen LogP contribution in [0.1, 0.15) is 6.92 Å². The van der Waals surface area contributed by atoms with Gasteiger partial charge in [0, 0.05) is 31.8 Å². The van der Waals surface area contributed by atoms with Crippen LogP contribution in [0.3, 0.4) is 0 Å². The minimum Gasteiger partial charge on any atom is -0.374 e. The van der Waals surface area contributed by atoms with E-state index in [2.05, 4.69) is 10.6 Å². The van der Waals surface area contributed by atoms with Crippen molar-refractivity contribution in [3.63, 3.8) is 0 Å². The molecule has 2 rings (SSSR count). The Hall–Kier alpha value is -2.96. The molecular formula is C17H17F2N3O2. The van der Waals surface area contributed by atoms with Crippen LogP contribution in [0.4, 0.5) is 25.8 Å². The smallest absolute Gasteiger partial charge is 0.246 e. The molecule has 2 aromatic rings. The number of carbonyl (C=O) groups is 2. The molecule has 0 radical (unpaired) electrons. The summed E-state index contributed by atoms with van der Waals surface area (Å²) in [4.78, 5) is 24.8. The van der Waals surface area contributed by atoms with Gasteiger partial charge in [-0.15, -0.1) is 0 Å². The number of hydrogen-bond acceptors (Lipinski definition) is 3.